The van der Waals surface area contributed by atoms with Gasteiger partial charge in [0.2, 0.25) is 0 Å². The van der Waals surface area contributed by atoms with Crippen molar-refractivity contribution in [2.24, 2.45) is 0 Å². The van der Waals surface area contributed by atoms with E-state index in [-0.39, 0.29) is 15.8 Å². The molecule has 4 rings (SSSR count). The van der Waals surface area contributed by atoms with E-state index >= 15 is 0 Å². The Morgan fingerprint density at radius 1 is 1.16 bits per heavy atom. The Hall–Kier alpha value is -2.45. The molecule has 0 amide bonds. The SMILES string of the molecule is C[C@H]1Cc2ccccc2N1S(=O)(=O)c1ccc(-c2ccc(=O)[nH]n2)s1. The van der Waals surface area contributed by atoms with E-state index in [4.69, 9.17) is 0 Å². The molecule has 1 atom stereocenters. The summed E-state index contributed by atoms with van der Waals surface area (Å²) in [7, 11) is -3.64. The molecule has 0 spiro atoms. The molecule has 1 aliphatic rings. The summed E-state index contributed by atoms with van der Waals surface area (Å²) in [5.74, 6) is 0. The number of fused-ring (bicyclic) bond motifs is 1. The highest BCUT2D eigenvalue weighted by atomic mass is 32.2. The molecule has 1 aliphatic heterocycles. The number of aromatic amines is 1. The predicted octanol–water partition coefficient (Wildman–Crippen LogP) is 2.64. The maximum absolute atomic E-state index is 13.2. The largest absolute Gasteiger partial charge is 0.274 e. The number of sulfonamides is 1. The van der Waals surface area contributed by atoms with Crippen LogP contribution in [-0.2, 0) is 16.4 Å². The molecular weight excluding hydrogens is 358 g/mol. The molecule has 8 heteroatoms. The fourth-order valence-electron chi connectivity index (χ4n) is 3.08. The zero-order valence-electron chi connectivity index (χ0n) is 13.3. The summed E-state index contributed by atoms with van der Waals surface area (Å²) < 4.78 is 28.1. The van der Waals surface area contributed by atoms with E-state index in [9.17, 15) is 13.2 Å². The second-order valence-corrected chi connectivity index (χ2v) is 9.03. The minimum Gasteiger partial charge on any atom is -0.268 e. The first-order valence-corrected chi connectivity index (χ1v) is 10.0. The number of benzene rings is 1. The average molecular weight is 373 g/mol. The number of H-pyrrole nitrogens is 1. The summed E-state index contributed by atoms with van der Waals surface area (Å²) in [6.45, 7) is 1.91. The summed E-state index contributed by atoms with van der Waals surface area (Å²) >= 11 is 1.15. The molecule has 0 fully saturated rings. The van der Waals surface area contributed by atoms with Crippen LogP contribution < -0.4 is 9.86 Å². The van der Waals surface area contributed by atoms with Crippen LogP contribution in [0.15, 0.2) is 57.5 Å². The molecule has 25 heavy (non-hydrogen) atoms. The maximum Gasteiger partial charge on any atom is 0.274 e. The van der Waals surface area contributed by atoms with Crippen molar-refractivity contribution in [1.29, 1.82) is 0 Å². The molecule has 6 nitrogen and oxygen atoms in total. The number of anilines is 1. The molecule has 1 aromatic carbocycles. The van der Waals surface area contributed by atoms with E-state index in [0.717, 1.165) is 22.6 Å². The quantitative estimate of drug-likeness (QED) is 0.765. The third-order valence-corrected chi connectivity index (χ3v) is 7.67. The third-order valence-electron chi connectivity index (χ3n) is 4.17. The molecule has 0 unspecified atom stereocenters. The van der Waals surface area contributed by atoms with Gasteiger partial charge in [-0.25, -0.2) is 13.5 Å². The number of hydrogen-bond acceptors (Lipinski definition) is 5. The predicted molar refractivity (Wildman–Crippen MR) is 97.4 cm³/mol. The normalized spacial score (nSPS) is 16.8. The lowest BCUT2D eigenvalue weighted by Gasteiger charge is -2.23. The van der Waals surface area contributed by atoms with Crippen molar-refractivity contribution >= 4 is 27.0 Å². The molecule has 0 bridgehead atoms. The van der Waals surface area contributed by atoms with Crippen LogP contribution in [0.1, 0.15) is 12.5 Å². The van der Waals surface area contributed by atoms with E-state index < -0.39 is 10.0 Å². The minimum absolute atomic E-state index is 0.126. The van der Waals surface area contributed by atoms with Crippen molar-refractivity contribution in [1.82, 2.24) is 10.2 Å². The number of hydrogen-bond donors (Lipinski definition) is 1. The van der Waals surface area contributed by atoms with Gasteiger partial charge in [-0.1, -0.05) is 18.2 Å². The van der Waals surface area contributed by atoms with Crippen LogP contribution in [-0.4, -0.2) is 24.7 Å². The van der Waals surface area contributed by atoms with Gasteiger partial charge in [0.05, 0.1) is 10.6 Å². The number of nitrogens with zero attached hydrogens (tertiary/aromatic N) is 2. The van der Waals surface area contributed by atoms with Gasteiger partial charge in [-0.05, 0) is 43.2 Å². The van der Waals surface area contributed by atoms with E-state index in [1.165, 1.54) is 10.4 Å². The van der Waals surface area contributed by atoms with Gasteiger partial charge in [-0.15, -0.1) is 11.3 Å². The van der Waals surface area contributed by atoms with Gasteiger partial charge in [-0.3, -0.25) is 9.10 Å². The van der Waals surface area contributed by atoms with E-state index in [1.54, 1.807) is 18.2 Å². The van der Waals surface area contributed by atoms with Gasteiger partial charge in [-0.2, -0.15) is 5.10 Å². The van der Waals surface area contributed by atoms with Crippen LogP contribution in [0.3, 0.4) is 0 Å². The van der Waals surface area contributed by atoms with Gasteiger partial charge in [0, 0.05) is 12.1 Å². The van der Waals surface area contributed by atoms with Crippen LogP contribution >= 0.6 is 11.3 Å². The van der Waals surface area contributed by atoms with Gasteiger partial charge < -0.3 is 0 Å². The van der Waals surface area contributed by atoms with Crippen molar-refractivity contribution in [3.63, 3.8) is 0 Å². The number of aromatic nitrogens is 2. The Bertz CT molecular complexity index is 1080. The molecule has 0 saturated heterocycles. The van der Waals surface area contributed by atoms with Gasteiger partial charge in [0.15, 0.2) is 0 Å². The van der Waals surface area contributed by atoms with Crippen molar-refractivity contribution < 1.29 is 8.42 Å². The second kappa shape index (κ2) is 5.82. The summed E-state index contributed by atoms with van der Waals surface area (Å²) in [6, 6.07) is 13.7. The van der Waals surface area contributed by atoms with Gasteiger partial charge in [0.25, 0.3) is 15.6 Å². The van der Waals surface area contributed by atoms with Crippen LogP contribution in [0.4, 0.5) is 5.69 Å². The lowest BCUT2D eigenvalue weighted by Crippen LogP contribution is -2.35. The van der Waals surface area contributed by atoms with Crippen molar-refractivity contribution in [2.45, 2.75) is 23.6 Å². The number of para-hydroxylation sites is 1. The van der Waals surface area contributed by atoms with Gasteiger partial charge in [0.1, 0.15) is 9.90 Å². The first-order chi connectivity index (χ1) is 12.0. The molecular formula is C17H15N3O3S2. The highest BCUT2D eigenvalue weighted by Crippen LogP contribution is 2.39. The maximum atomic E-state index is 13.2. The monoisotopic (exact) mass is 373 g/mol. The van der Waals surface area contributed by atoms with Gasteiger partial charge >= 0.3 is 0 Å². The summed E-state index contributed by atoms with van der Waals surface area (Å²) in [4.78, 5) is 11.8. The Labute approximate surface area is 148 Å². The first kappa shape index (κ1) is 16.0. The third kappa shape index (κ3) is 2.67. The molecule has 128 valence electrons. The van der Waals surface area contributed by atoms with Crippen molar-refractivity contribution in [3.8, 4) is 10.6 Å². The first-order valence-electron chi connectivity index (χ1n) is 7.75. The lowest BCUT2D eigenvalue weighted by molar-refractivity contribution is 0.586. The minimum atomic E-state index is -3.64. The second-order valence-electron chi connectivity index (χ2n) is 5.91. The van der Waals surface area contributed by atoms with Crippen LogP contribution in [0.5, 0.6) is 0 Å². The topological polar surface area (TPSA) is 83.1 Å². The lowest BCUT2D eigenvalue weighted by atomic mass is 10.1. The standard InChI is InChI=1S/C17H15N3O3S2/c1-11-10-12-4-2-3-5-14(12)20(11)25(22,23)17-9-7-15(24-17)13-6-8-16(21)19-18-13/h2-9,11H,10H2,1H3,(H,19,21)/t11-/m0/s1. The molecule has 3 aromatic rings. The summed E-state index contributed by atoms with van der Waals surface area (Å²) in [5, 5.41) is 6.32. The molecule has 0 saturated carbocycles. The molecule has 3 heterocycles. The molecule has 0 radical (unpaired) electrons. The van der Waals surface area contributed by atoms with E-state index in [0.29, 0.717) is 17.0 Å². The zero-order chi connectivity index (χ0) is 17.6. The Balaban J connectivity index is 1.75. The van der Waals surface area contributed by atoms with E-state index in [2.05, 4.69) is 10.2 Å². The van der Waals surface area contributed by atoms with Crippen LogP contribution in [0.25, 0.3) is 10.6 Å². The molecule has 0 aliphatic carbocycles. The zero-order valence-corrected chi connectivity index (χ0v) is 15.0. The van der Waals surface area contributed by atoms with Crippen molar-refractivity contribution in [3.05, 3.63) is 64.4 Å². The highest BCUT2D eigenvalue weighted by Gasteiger charge is 2.36. The Morgan fingerprint density at radius 2 is 1.96 bits per heavy atom. The smallest absolute Gasteiger partial charge is 0.268 e. The fraction of sp³-hybridized carbons (Fsp3) is 0.176. The van der Waals surface area contributed by atoms with E-state index in [1.807, 2.05) is 31.2 Å². The fourth-order valence-corrected chi connectivity index (χ4v) is 6.14. The van der Waals surface area contributed by atoms with Crippen molar-refractivity contribution in [2.75, 3.05) is 4.31 Å². The molecule has 1 N–H and O–H groups in total. The number of rotatable bonds is 3. The van der Waals surface area contributed by atoms with Crippen LogP contribution in [0.2, 0.25) is 0 Å². The Kier molecular flexibility index (Phi) is 3.73. The van der Waals surface area contributed by atoms with Crippen LogP contribution in [0, 0.1) is 0 Å². The molecule has 2 aromatic heterocycles. The number of nitrogens with one attached hydrogen (secondary N) is 1. The number of thiophene rings is 1. The summed E-state index contributed by atoms with van der Waals surface area (Å²) in [6.07, 6.45) is 0.703. The summed E-state index contributed by atoms with van der Waals surface area (Å²) in [5.41, 5.74) is 2.03. The average Bonchev–Trinajstić information content (AvgIpc) is 3.19. The highest BCUT2D eigenvalue weighted by molar-refractivity contribution is 7.94. The Morgan fingerprint density at radius 3 is 2.72 bits per heavy atom.